The van der Waals surface area contributed by atoms with Gasteiger partial charge in [-0.2, -0.15) is 5.10 Å². The number of hydrogen-bond acceptors (Lipinski definition) is 4. The van der Waals surface area contributed by atoms with Gasteiger partial charge in [0.25, 0.3) is 10.0 Å². The summed E-state index contributed by atoms with van der Waals surface area (Å²) < 4.78 is 27.7. The van der Waals surface area contributed by atoms with Crippen molar-refractivity contribution in [3.8, 4) is 0 Å². The van der Waals surface area contributed by atoms with Crippen molar-refractivity contribution in [1.82, 2.24) is 10.2 Å². The Morgan fingerprint density at radius 3 is 2.85 bits per heavy atom. The fourth-order valence-corrected chi connectivity index (χ4v) is 5.12. The number of aromatic nitrogens is 2. The molecule has 2 N–H and O–H groups in total. The molecule has 0 saturated carbocycles. The van der Waals surface area contributed by atoms with Crippen LogP contribution in [0.25, 0.3) is 10.9 Å². The van der Waals surface area contributed by atoms with Crippen molar-refractivity contribution in [2.24, 2.45) is 0 Å². The minimum Gasteiger partial charge on any atom is -0.279 e. The van der Waals surface area contributed by atoms with Gasteiger partial charge in [-0.3, -0.25) is 9.82 Å². The van der Waals surface area contributed by atoms with Crippen molar-refractivity contribution in [3.63, 3.8) is 0 Å². The molecule has 0 saturated heterocycles. The van der Waals surface area contributed by atoms with Crippen molar-refractivity contribution >= 4 is 65.5 Å². The second-order valence-corrected chi connectivity index (χ2v) is 8.65. The van der Waals surface area contributed by atoms with Crippen molar-refractivity contribution in [1.29, 1.82) is 0 Å². The van der Waals surface area contributed by atoms with Crippen LogP contribution in [0, 0.1) is 0 Å². The maximum absolute atomic E-state index is 12.2. The Hall–Kier alpha value is -1.09. The van der Waals surface area contributed by atoms with Crippen LogP contribution in [0.1, 0.15) is 0 Å². The van der Waals surface area contributed by atoms with Crippen LogP contribution in [0.4, 0.5) is 5.69 Å². The Kier molecular flexibility index (Phi) is 3.49. The molecule has 0 spiro atoms. The van der Waals surface area contributed by atoms with Crippen molar-refractivity contribution < 1.29 is 8.42 Å². The molecule has 0 aliphatic rings. The van der Waals surface area contributed by atoms with Crippen LogP contribution in [-0.4, -0.2) is 18.6 Å². The number of hydrogen-bond donors (Lipinski definition) is 2. The lowest BCUT2D eigenvalue weighted by atomic mass is 10.2. The Balaban J connectivity index is 1.96. The molecule has 0 fully saturated rings. The molecule has 104 valence electrons. The SMILES string of the molecule is O=S(=O)(Nc1ccc2[nH]ncc2c1)c1cc(Cl)c(Br)s1. The Morgan fingerprint density at radius 1 is 1.35 bits per heavy atom. The molecule has 0 bridgehead atoms. The summed E-state index contributed by atoms with van der Waals surface area (Å²) in [4.78, 5) is 0. The number of aromatic amines is 1. The van der Waals surface area contributed by atoms with Crippen LogP contribution in [-0.2, 0) is 10.0 Å². The topological polar surface area (TPSA) is 74.8 Å². The highest BCUT2D eigenvalue weighted by Gasteiger charge is 2.19. The highest BCUT2D eigenvalue weighted by atomic mass is 79.9. The molecule has 0 atom stereocenters. The molecule has 9 heteroatoms. The largest absolute Gasteiger partial charge is 0.279 e. The number of anilines is 1. The quantitative estimate of drug-likeness (QED) is 0.711. The third-order valence-corrected chi connectivity index (χ3v) is 6.91. The van der Waals surface area contributed by atoms with Crippen LogP contribution in [0.3, 0.4) is 0 Å². The van der Waals surface area contributed by atoms with E-state index in [1.807, 2.05) is 0 Å². The van der Waals surface area contributed by atoms with Gasteiger partial charge in [0.05, 0.1) is 20.5 Å². The summed E-state index contributed by atoms with van der Waals surface area (Å²) in [6.45, 7) is 0. The standard InChI is InChI=1S/C11H7BrClN3O2S2/c12-11-8(13)4-10(19-11)20(17,18)16-7-1-2-9-6(3-7)5-14-15-9/h1-5,16H,(H,14,15). The van der Waals surface area contributed by atoms with Gasteiger partial charge in [0.1, 0.15) is 4.21 Å². The predicted molar refractivity (Wildman–Crippen MR) is 83.9 cm³/mol. The lowest BCUT2D eigenvalue weighted by Gasteiger charge is -2.05. The van der Waals surface area contributed by atoms with Crippen molar-refractivity contribution in [3.05, 3.63) is 39.3 Å². The number of rotatable bonds is 3. The molecule has 2 aromatic heterocycles. The van der Waals surface area contributed by atoms with Crippen LogP contribution < -0.4 is 4.72 Å². The molecule has 0 amide bonds. The lowest BCUT2D eigenvalue weighted by molar-refractivity contribution is 0.603. The number of halogens is 2. The summed E-state index contributed by atoms with van der Waals surface area (Å²) >= 11 is 10.1. The summed E-state index contributed by atoms with van der Waals surface area (Å²) in [5.41, 5.74) is 1.31. The number of thiophene rings is 1. The van der Waals surface area contributed by atoms with Gasteiger partial charge in [-0.25, -0.2) is 8.42 Å². The van der Waals surface area contributed by atoms with Gasteiger partial charge in [-0.15, -0.1) is 11.3 Å². The molecule has 0 aliphatic carbocycles. The molecule has 20 heavy (non-hydrogen) atoms. The maximum atomic E-state index is 12.2. The van der Waals surface area contributed by atoms with E-state index in [4.69, 9.17) is 11.6 Å². The molecule has 0 radical (unpaired) electrons. The van der Waals surface area contributed by atoms with Gasteiger partial charge >= 0.3 is 0 Å². The van der Waals surface area contributed by atoms with E-state index >= 15 is 0 Å². The van der Waals surface area contributed by atoms with Gasteiger partial charge < -0.3 is 0 Å². The number of nitrogens with one attached hydrogen (secondary N) is 2. The zero-order valence-electron chi connectivity index (χ0n) is 9.72. The zero-order chi connectivity index (χ0) is 14.3. The second-order valence-electron chi connectivity index (χ2n) is 3.96. The Bertz CT molecular complexity index is 869. The van der Waals surface area contributed by atoms with E-state index < -0.39 is 10.0 Å². The fraction of sp³-hybridized carbons (Fsp3) is 0. The van der Waals surface area contributed by atoms with E-state index in [2.05, 4.69) is 30.8 Å². The van der Waals surface area contributed by atoms with E-state index in [-0.39, 0.29) is 4.21 Å². The summed E-state index contributed by atoms with van der Waals surface area (Å²) in [7, 11) is -3.64. The smallest absolute Gasteiger partial charge is 0.271 e. The Labute approximate surface area is 132 Å². The normalized spacial score (nSPS) is 11.9. The molecule has 1 aromatic carbocycles. The lowest BCUT2D eigenvalue weighted by Crippen LogP contribution is -2.11. The summed E-state index contributed by atoms with van der Waals surface area (Å²) in [6.07, 6.45) is 1.63. The summed E-state index contributed by atoms with van der Waals surface area (Å²) in [5, 5.41) is 7.90. The monoisotopic (exact) mass is 391 g/mol. The average molecular weight is 393 g/mol. The second kappa shape index (κ2) is 5.03. The van der Waals surface area contributed by atoms with Crippen LogP contribution >= 0.6 is 38.9 Å². The Morgan fingerprint density at radius 2 is 2.15 bits per heavy atom. The minimum absolute atomic E-state index is 0.154. The minimum atomic E-state index is -3.64. The molecule has 5 nitrogen and oxygen atoms in total. The van der Waals surface area contributed by atoms with Gasteiger partial charge in [-0.1, -0.05) is 11.6 Å². The highest BCUT2D eigenvalue weighted by molar-refractivity contribution is 9.11. The molecule has 0 aliphatic heterocycles. The molecule has 3 rings (SSSR count). The van der Waals surface area contributed by atoms with Crippen LogP contribution in [0.5, 0.6) is 0 Å². The number of H-pyrrole nitrogens is 1. The van der Waals surface area contributed by atoms with Crippen LogP contribution in [0.2, 0.25) is 5.02 Å². The first kappa shape index (κ1) is 13.9. The number of nitrogens with zero attached hydrogens (tertiary/aromatic N) is 1. The molecule has 3 aromatic rings. The highest BCUT2D eigenvalue weighted by Crippen LogP contribution is 2.35. The summed E-state index contributed by atoms with van der Waals surface area (Å²) in [5.74, 6) is 0. The first-order chi connectivity index (χ1) is 9.45. The maximum Gasteiger partial charge on any atom is 0.271 e. The average Bonchev–Trinajstić information content (AvgIpc) is 2.96. The van der Waals surface area contributed by atoms with Gasteiger partial charge in [0, 0.05) is 11.1 Å². The first-order valence-electron chi connectivity index (χ1n) is 5.36. The number of benzene rings is 1. The first-order valence-corrected chi connectivity index (χ1v) is 8.83. The van der Waals surface area contributed by atoms with Gasteiger partial charge in [-0.05, 0) is 40.2 Å². The van der Waals surface area contributed by atoms with Gasteiger partial charge in [0.2, 0.25) is 0 Å². The molecule has 0 unspecified atom stereocenters. The van der Waals surface area contributed by atoms with E-state index in [9.17, 15) is 8.42 Å². The van der Waals surface area contributed by atoms with Crippen molar-refractivity contribution in [2.45, 2.75) is 4.21 Å². The molecular formula is C11H7BrClN3O2S2. The van der Waals surface area contributed by atoms with Crippen LogP contribution in [0.15, 0.2) is 38.5 Å². The third-order valence-electron chi connectivity index (χ3n) is 2.58. The third kappa shape index (κ3) is 2.56. The van der Waals surface area contributed by atoms with Gasteiger partial charge in [0.15, 0.2) is 0 Å². The van der Waals surface area contributed by atoms with E-state index in [0.29, 0.717) is 14.5 Å². The van der Waals surface area contributed by atoms with E-state index in [1.54, 1.807) is 24.4 Å². The van der Waals surface area contributed by atoms with E-state index in [0.717, 1.165) is 22.2 Å². The fourth-order valence-electron chi connectivity index (χ4n) is 1.67. The number of fused-ring (bicyclic) bond motifs is 1. The summed E-state index contributed by atoms with van der Waals surface area (Å²) in [6, 6.07) is 6.55. The predicted octanol–water partition coefficient (Wildman–Crippen LogP) is 3.84. The number of sulfonamides is 1. The van der Waals surface area contributed by atoms with E-state index in [1.165, 1.54) is 6.07 Å². The zero-order valence-corrected chi connectivity index (χ0v) is 13.7. The molecule has 2 heterocycles. The molecular weight excluding hydrogens is 386 g/mol. The van der Waals surface area contributed by atoms with Crippen molar-refractivity contribution in [2.75, 3.05) is 4.72 Å².